The van der Waals surface area contributed by atoms with Gasteiger partial charge >= 0.3 is 0 Å². The van der Waals surface area contributed by atoms with Crippen LogP contribution < -0.4 is 0 Å². The highest BCUT2D eigenvalue weighted by Gasteiger charge is 2.33. The molecule has 1 saturated carbocycles. The smallest absolute Gasteiger partial charge is 0.167 e. The molecule has 0 radical (unpaired) electrons. The van der Waals surface area contributed by atoms with Crippen LogP contribution in [0.1, 0.15) is 113 Å². The molecule has 0 saturated heterocycles. The van der Waals surface area contributed by atoms with E-state index in [1.54, 1.807) is 12.1 Å². The second-order valence-electron chi connectivity index (χ2n) is 11.6. The molecule has 2 aliphatic carbocycles. The highest BCUT2D eigenvalue weighted by Crippen LogP contribution is 2.46. The lowest BCUT2D eigenvalue weighted by molar-refractivity contribution is 0.103. The van der Waals surface area contributed by atoms with Crippen LogP contribution in [0.2, 0.25) is 0 Å². The molecule has 1 aliphatic heterocycles. The van der Waals surface area contributed by atoms with Crippen LogP contribution in [0.3, 0.4) is 0 Å². The first-order chi connectivity index (χ1) is 18.4. The average Bonchev–Trinajstić information content (AvgIpc) is 2.94. The fourth-order valence-corrected chi connectivity index (χ4v) is 6.94. The third kappa shape index (κ3) is 5.27. The number of allylic oxidation sites excluding steroid dienone is 1. The van der Waals surface area contributed by atoms with Crippen molar-refractivity contribution in [3.05, 3.63) is 69.5 Å². The first kappa shape index (κ1) is 27.3. The number of rotatable bonds is 8. The molecule has 1 nitrogen and oxygen atoms in total. The summed E-state index contributed by atoms with van der Waals surface area (Å²) in [6.07, 6.45) is 14.8. The van der Waals surface area contributed by atoms with Crippen molar-refractivity contribution in [2.45, 2.75) is 116 Å². The number of benzene rings is 2. The zero-order valence-electron chi connectivity index (χ0n) is 22.8. The van der Waals surface area contributed by atoms with Gasteiger partial charge in [0.15, 0.2) is 23.3 Å². The number of aryl methyl sites for hydroxylation is 3. The maximum absolute atomic E-state index is 15.6. The summed E-state index contributed by atoms with van der Waals surface area (Å²) in [4.78, 5) is 0. The van der Waals surface area contributed by atoms with E-state index in [1.165, 1.54) is 24.8 Å². The van der Waals surface area contributed by atoms with E-state index in [9.17, 15) is 4.39 Å². The zero-order chi connectivity index (χ0) is 26.8. The quantitative estimate of drug-likeness (QED) is 0.245. The fraction of sp³-hybridized carbons (Fsp3) is 0.576. The summed E-state index contributed by atoms with van der Waals surface area (Å²) in [6, 6.07) is 3.38. The Morgan fingerprint density at radius 3 is 2.00 bits per heavy atom. The van der Waals surface area contributed by atoms with Crippen LogP contribution in [0.5, 0.6) is 0 Å². The minimum absolute atomic E-state index is 0.0622. The Morgan fingerprint density at radius 1 is 0.711 bits per heavy atom. The first-order valence-corrected chi connectivity index (χ1v) is 14.8. The molecule has 1 atom stereocenters. The van der Waals surface area contributed by atoms with E-state index in [0.717, 1.165) is 44.9 Å². The van der Waals surface area contributed by atoms with Crippen molar-refractivity contribution in [2.24, 2.45) is 5.92 Å². The van der Waals surface area contributed by atoms with Gasteiger partial charge in [0.25, 0.3) is 0 Å². The van der Waals surface area contributed by atoms with Crippen LogP contribution in [0, 0.1) is 29.2 Å². The van der Waals surface area contributed by atoms with Crippen LogP contribution in [0.4, 0.5) is 17.6 Å². The lowest BCUT2D eigenvalue weighted by Crippen LogP contribution is -2.22. The van der Waals surface area contributed by atoms with Gasteiger partial charge in [0.05, 0.1) is 12.4 Å². The third-order valence-corrected chi connectivity index (χ3v) is 9.10. The highest BCUT2D eigenvalue weighted by molar-refractivity contribution is 5.75. The Hall–Kier alpha value is -2.30. The van der Waals surface area contributed by atoms with E-state index in [1.807, 2.05) is 13.2 Å². The Labute approximate surface area is 224 Å². The van der Waals surface area contributed by atoms with Crippen molar-refractivity contribution < 1.29 is 22.3 Å². The van der Waals surface area contributed by atoms with Gasteiger partial charge < -0.3 is 4.74 Å². The Balaban J connectivity index is 1.31. The molecule has 206 valence electrons. The summed E-state index contributed by atoms with van der Waals surface area (Å²) in [5.74, 6) is -3.53. The van der Waals surface area contributed by atoms with Gasteiger partial charge in [0.2, 0.25) is 0 Å². The lowest BCUT2D eigenvalue weighted by atomic mass is 9.73. The highest BCUT2D eigenvalue weighted by atomic mass is 19.2. The van der Waals surface area contributed by atoms with Crippen LogP contribution in [-0.4, -0.2) is 6.10 Å². The first-order valence-electron chi connectivity index (χ1n) is 14.8. The topological polar surface area (TPSA) is 9.23 Å². The van der Waals surface area contributed by atoms with Gasteiger partial charge in [0, 0.05) is 11.1 Å². The second-order valence-corrected chi connectivity index (χ2v) is 11.6. The summed E-state index contributed by atoms with van der Waals surface area (Å²) in [7, 11) is 0. The number of halogens is 4. The molecule has 2 aromatic carbocycles. The van der Waals surface area contributed by atoms with Crippen LogP contribution in [-0.2, 0) is 24.0 Å². The molecule has 5 rings (SSSR count). The monoisotopic (exact) mass is 528 g/mol. The predicted octanol–water partition coefficient (Wildman–Crippen LogP) is 9.88. The predicted molar refractivity (Wildman–Crippen MR) is 144 cm³/mol. The van der Waals surface area contributed by atoms with Gasteiger partial charge in [-0.25, -0.2) is 17.6 Å². The normalized spacial score (nSPS) is 22.9. The molecule has 0 spiro atoms. The average molecular weight is 529 g/mol. The van der Waals surface area contributed by atoms with Gasteiger partial charge in [-0.3, -0.25) is 0 Å². The zero-order valence-corrected chi connectivity index (χ0v) is 22.8. The van der Waals surface area contributed by atoms with Crippen molar-refractivity contribution >= 4 is 0 Å². The van der Waals surface area contributed by atoms with E-state index in [-0.39, 0.29) is 17.0 Å². The summed E-state index contributed by atoms with van der Waals surface area (Å²) in [5.41, 5.74) is 3.06. The molecule has 1 heterocycles. The maximum Gasteiger partial charge on any atom is 0.167 e. The second kappa shape index (κ2) is 11.8. The van der Waals surface area contributed by atoms with Crippen LogP contribution in [0.25, 0.3) is 11.1 Å². The number of hydrogen-bond acceptors (Lipinski definition) is 1. The summed E-state index contributed by atoms with van der Waals surface area (Å²) >= 11 is 0. The fourth-order valence-electron chi connectivity index (χ4n) is 6.94. The van der Waals surface area contributed by atoms with Crippen molar-refractivity contribution in [3.63, 3.8) is 0 Å². The molecule has 38 heavy (non-hydrogen) atoms. The maximum atomic E-state index is 15.6. The third-order valence-electron chi connectivity index (χ3n) is 9.10. The number of hydrogen-bond donors (Lipinski definition) is 0. The van der Waals surface area contributed by atoms with Crippen LogP contribution >= 0.6 is 0 Å². The van der Waals surface area contributed by atoms with Gasteiger partial charge in [-0.15, -0.1) is 0 Å². The lowest BCUT2D eigenvalue weighted by Gasteiger charge is -2.34. The summed E-state index contributed by atoms with van der Waals surface area (Å²) in [5, 5.41) is 0. The van der Waals surface area contributed by atoms with E-state index in [4.69, 9.17) is 4.74 Å². The summed E-state index contributed by atoms with van der Waals surface area (Å²) < 4.78 is 67.0. The molecule has 3 aliphatic rings. The number of unbranched alkanes of at least 4 members (excludes halogenated alkanes) is 2. The molecule has 1 fully saturated rings. The van der Waals surface area contributed by atoms with Crippen LogP contribution in [0.15, 0.2) is 24.0 Å². The van der Waals surface area contributed by atoms with Gasteiger partial charge in [-0.05, 0) is 110 Å². The molecule has 0 amide bonds. The molecular weight excluding hydrogens is 488 g/mol. The molecule has 0 aromatic heterocycles. The summed E-state index contributed by atoms with van der Waals surface area (Å²) in [6.45, 7) is 4.12. The largest absolute Gasteiger partial charge is 0.498 e. The van der Waals surface area contributed by atoms with Crippen molar-refractivity contribution in [1.29, 1.82) is 0 Å². The van der Waals surface area contributed by atoms with E-state index >= 15 is 13.2 Å². The standard InChI is InChI=1S/C33H40F4O/c1-3-5-6-8-26-16-15-25(19-38-26)20-9-11-21(12-10-20)27-18-23-14-13-22-17-24(7-4-2)30(34)32(36)28(22)29(23)33(37)31(27)35/h17-21,26H,3-16H2,1-2H3. The Bertz CT molecular complexity index is 1190. The van der Waals surface area contributed by atoms with Crippen molar-refractivity contribution in [2.75, 3.05) is 0 Å². The van der Waals surface area contributed by atoms with Gasteiger partial charge in [-0.2, -0.15) is 0 Å². The van der Waals surface area contributed by atoms with Gasteiger partial charge in [0.1, 0.15) is 0 Å². The number of fused-ring (bicyclic) bond motifs is 3. The molecule has 0 bridgehead atoms. The SMILES string of the molecule is CCCCCC1CCC(C2CCC(c3cc4c(c(F)c3F)-c3c(cc(CCC)c(F)c3F)CC4)CC2)=CO1. The molecule has 2 aromatic rings. The molecular formula is C33H40F4O. The Morgan fingerprint density at radius 2 is 1.37 bits per heavy atom. The van der Waals surface area contributed by atoms with Gasteiger partial charge in [-0.1, -0.05) is 45.2 Å². The Kier molecular flexibility index (Phi) is 8.50. The minimum Gasteiger partial charge on any atom is -0.498 e. The molecule has 0 N–H and O–H groups in total. The van der Waals surface area contributed by atoms with Crippen molar-refractivity contribution in [1.82, 2.24) is 0 Å². The molecule has 1 unspecified atom stereocenters. The number of ether oxygens (including phenoxy) is 1. The van der Waals surface area contributed by atoms with E-state index in [2.05, 4.69) is 6.92 Å². The van der Waals surface area contributed by atoms with E-state index < -0.39 is 23.3 Å². The van der Waals surface area contributed by atoms with E-state index in [0.29, 0.717) is 60.0 Å². The molecule has 5 heteroatoms. The minimum atomic E-state index is -1.05. The van der Waals surface area contributed by atoms with Crippen molar-refractivity contribution in [3.8, 4) is 11.1 Å².